The van der Waals surface area contributed by atoms with Crippen molar-refractivity contribution in [2.45, 2.75) is 354 Å². The van der Waals surface area contributed by atoms with E-state index in [0.29, 0.717) is 17.4 Å². The number of quaternary nitrogens is 1. The number of hydrogen-bond donors (Lipinski definition) is 0. The lowest BCUT2D eigenvalue weighted by atomic mass is 10.0. The highest BCUT2D eigenvalue weighted by Gasteiger charge is 2.22. The van der Waals surface area contributed by atoms with Gasteiger partial charge >= 0.3 is 11.9 Å². The van der Waals surface area contributed by atoms with E-state index in [1.54, 1.807) is 0 Å². The first-order valence-electron chi connectivity index (χ1n) is 39.9. The topological polar surface area (TPSA) is 111 Å². The third-order valence-electron chi connectivity index (χ3n) is 17.2. The zero-order valence-corrected chi connectivity index (χ0v) is 63.9. The van der Waals surface area contributed by atoms with Crippen molar-refractivity contribution >= 4 is 19.8 Å². The smallest absolute Gasteiger partial charge is 0.306 e. The fraction of sp³-hybridized carbons (Fsp3) is 0.721. The summed E-state index contributed by atoms with van der Waals surface area (Å²) in [6, 6.07) is 0. The minimum atomic E-state index is -4.66. The summed E-state index contributed by atoms with van der Waals surface area (Å²) in [4.78, 5) is 38.2. The van der Waals surface area contributed by atoms with Crippen LogP contribution in [0.4, 0.5) is 0 Å². The fourth-order valence-corrected chi connectivity index (χ4v) is 11.8. The van der Waals surface area contributed by atoms with Gasteiger partial charge in [-0.25, -0.2) is 0 Å². The summed E-state index contributed by atoms with van der Waals surface area (Å²) in [5.74, 6) is -0.837. The molecule has 0 aliphatic rings. The molecule has 0 rings (SSSR count). The fourth-order valence-electron chi connectivity index (χ4n) is 11.1. The Labute approximate surface area is 593 Å². The second-order valence-corrected chi connectivity index (χ2v) is 29.1. The van der Waals surface area contributed by atoms with Gasteiger partial charge in [0, 0.05) is 12.8 Å². The van der Waals surface area contributed by atoms with E-state index in [1.165, 1.54) is 205 Å². The van der Waals surface area contributed by atoms with Gasteiger partial charge in [0.1, 0.15) is 19.8 Å². The second kappa shape index (κ2) is 75.4. The molecule has 2 atom stereocenters. The molecule has 0 saturated carbocycles. The lowest BCUT2D eigenvalue weighted by molar-refractivity contribution is -0.870. The molecule has 0 aromatic heterocycles. The number of rotatable bonds is 73. The number of esters is 2. The van der Waals surface area contributed by atoms with Crippen molar-refractivity contribution in [3.63, 3.8) is 0 Å². The molecule has 9 nitrogen and oxygen atoms in total. The molecule has 0 aromatic rings. The summed E-state index contributed by atoms with van der Waals surface area (Å²) in [7, 11) is 1.16. The van der Waals surface area contributed by atoms with Gasteiger partial charge in [-0.1, -0.05) is 353 Å². The molecule has 2 unspecified atom stereocenters. The molecule has 0 N–H and O–H groups in total. The predicted octanol–water partition coefficient (Wildman–Crippen LogP) is 26.1. The van der Waals surface area contributed by atoms with Gasteiger partial charge in [-0.2, -0.15) is 0 Å². The molecule has 0 fully saturated rings. The molecule has 0 radical (unpaired) electrons. The van der Waals surface area contributed by atoms with E-state index in [-0.39, 0.29) is 32.0 Å². The summed E-state index contributed by atoms with van der Waals surface area (Å²) >= 11 is 0. The lowest BCUT2D eigenvalue weighted by Crippen LogP contribution is -2.37. The summed E-state index contributed by atoms with van der Waals surface area (Å²) in [6.07, 6.45) is 110. The van der Waals surface area contributed by atoms with Crippen molar-refractivity contribution < 1.29 is 42.1 Å². The van der Waals surface area contributed by atoms with E-state index >= 15 is 0 Å². The van der Waals surface area contributed by atoms with Crippen LogP contribution < -0.4 is 4.89 Å². The number of nitrogens with zero attached hydrogens (tertiary/aromatic N) is 1. The first kappa shape index (κ1) is 92.2. The lowest BCUT2D eigenvalue weighted by Gasteiger charge is -2.28. The number of unbranched alkanes of at least 4 members (excludes halogenated alkanes) is 37. The largest absolute Gasteiger partial charge is 0.756 e. The van der Waals surface area contributed by atoms with E-state index < -0.39 is 26.5 Å². The highest BCUT2D eigenvalue weighted by molar-refractivity contribution is 7.45. The molecule has 96 heavy (non-hydrogen) atoms. The van der Waals surface area contributed by atoms with Crippen molar-refractivity contribution in [2.75, 3.05) is 47.5 Å². The maximum atomic E-state index is 12.9. The first-order chi connectivity index (χ1) is 47.0. The number of allylic oxidation sites excluding steroid dienone is 22. The van der Waals surface area contributed by atoms with E-state index in [4.69, 9.17) is 18.5 Å². The quantitative estimate of drug-likeness (QED) is 0.0195. The summed E-state index contributed by atoms with van der Waals surface area (Å²) in [5.41, 5.74) is 0. The van der Waals surface area contributed by atoms with Gasteiger partial charge in [-0.15, -0.1) is 0 Å². The molecule has 552 valence electrons. The highest BCUT2D eigenvalue weighted by atomic mass is 31.2. The molecule has 0 heterocycles. The third-order valence-corrected chi connectivity index (χ3v) is 18.1. The molecule has 0 aliphatic carbocycles. The monoisotopic (exact) mass is 1360 g/mol. The predicted molar refractivity (Wildman–Crippen MR) is 415 cm³/mol. The van der Waals surface area contributed by atoms with Crippen LogP contribution in [0.5, 0.6) is 0 Å². The second-order valence-electron chi connectivity index (χ2n) is 27.7. The van der Waals surface area contributed by atoms with E-state index in [2.05, 4.69) is 148 Å². The number of likely N-dealkylation sites (N-methyl/N-ethyl adjacent to an activating group) is 1. The first-order valence-corrected chi connectivity index (χ1v) is 41.4. The zero-order chi connectivity index (χ0) is 69.7. The van der Waals surface area contributed by atoms with Gasteiger partial charge in [0.15, 0.2) is 6.10 Å². The van der Waals surface area contributed by atoms with E-state index in [0.717, 1.165) is 109 Å². The van der Waals surface area contributed by atoms with Crippen molar-refractivity contribution in [3.05, 3.63) is 134 Å². The van der Waals surface area contributed by atoms with Crippen LogP contribution in [0.2, 0.25) is 0 Å². The number of ether oxygens (including phenoxy) is 2. The standard InChI is InChI=1S/C86H150NO8P/c1-6-8-10-12-14-16-18-20-22-24-26-28-30-32-34-36-38-40-41-42-43-44-45-47-48-50-52-54-56-58-60-62-64-66-68-70-72-74-76-78-85(88)92-82-84(83-94-96(90,91)93-81-80-87(3,4)5)95-86(89)79-77-75-73-71-69-67-65-63-61-59-57-55-53-51-49-46-39-37-35-33-31-29-27-25-23-21-19-17-15-13-11-9-7-2/h9,11,15,17-18,20-21,23-24,26-27,29-30,32-33,35,39,46,51,53,57,59,84H,6-8,10,12-14,16,19,22,25,28,31,34,36-38,40-45,47-50,52,54-56,58,60-83H2,1-5H3/b11-9-,17-15-,20-18-,23-21-,26-24-,29-27-,32-30-,35-33-,46-39-,53-51-,59-57-. The van der Waals surface area contributed by atoms with Crippen molar-refractivity contribution in [1.82, 2.24) is 0 Å². The molecule has 0 bridgehead atoms. The van der Waals surface area contributed by atoms with Crippen LogP contribution in [0.3, 0.4) is 0 Å². The zero-order valence-electron chi connectivity index (χ0n) is 63.0. The molecular weight excluding hydrogens is 1210 g/mol. The third kappa shape index (κ3) is 79.1. The number of phosphoric acid groups is 1. The Hall–Kier alpha value is -3.85. The number of carbonyl (C=O) groups is 2. The average molecular weight is 1360 g/mol. The summed E-state index contributed by atoms with van der Waals surface area (Å²) in [6.45, 7) is 4.13. The Kier molecular flexibility index (Phi) is 72.3. The molecule has 0 saturated heterocycles. The van der Waals surface area contributed by atoms with E-state index in [1.807, 2.05) is 21.1 Å². The summed E-state index contributed by atoms with van der Waals surface area (Å²) in [5, 5.41) is 0. The van der Waals surface area contributed by atoms with Gasteiger partial charge in [-0.3, -0.25) is 14.2 Å². The Morgan fingerprint density at radius 2 is 0.594 bits per heavy atom. The van der Waals surface area contributed by atoms with Crippen LogP contribution in [0, 0.1) is 0 Å². The van der Waals surface area contributed by atoms with Crippen LogP contribution in [0.1, 0.15) is 348 Å². The molecular formula is C86H150NO8P. The van der Waals surface area contributed by atoms with Gasteiger partial charge < -0.3 is 27.9 Å². The summed E-state index contributed by atoms with van der Waals surface area (Å²) < 4.78 is 34.4. The minimum Gasteiger partial charge on any atom is -0.756 e. The van der Waals surface area contributed by atoms with Gasteiger partial charge in [0.25, 0.3) is 7.82 Å². The van der Waals surface area contributed by atoms with Crippen LogP contribution in [-0.4, -0.2) is 70.0 Å². The molecule has 0 amide bonds. The van der Waals surface area contributed by atoms with Gasteiger partial charge in [0.05, 0.1) is 27.7 Å². The van der Waals surface area contributed by atoms with Crippen molar-refractivity contribution in [2.24, 2.45) is 0 Å². The number of hydrogen-bond acceptors (Lipinski definition) is 8. The van der Waals surface area contributed by atoms with E-state index in [9.17, 15) is 19.0 Å². The molecule has 0 aromatic carbocycles. The van der Waals surface area contributed by atoms with Crippen LogP contribution in [0.15, 0.2) is 134 Å². The number of carbonyl (C=O) groups excluding carboxylic acids is 2. The van der Waals surface area contributed by atoms with Gasteiger partial charge in [-0.05, 0) is 116 Å². The Morgan fingerprint density at radius 3 is 0.885 bits per heavy atom. The minimum absolute atomic E-state index is 0.0371. The van der Waals surface area contributed by atoms with Crippen LogP contribution in [-0.2, 0) is 32.7 Å². The molecule has 0 spiro atoms. The van der Waals surface area contributed by atoms with Crippen molar-refractivity contribution in [1.29, 1.82) is 0 Å². The normalized spacial score (nSPS) is 13.8. The number of phosphoric ester groups is 1. The Morgan fingerprint density at radius 1 is 0.333 bits per heavy atom. The molecule has 0 aliphatic heterocycles. The highest BCUT2D eigenvalue weighted by Crippen LogP contribution is 2.38. The van der Waals surface area contributed by atoms with Crippen LogP contribution >= 0.6 is 7.82 Å². The SMILES string of the molecule is CC/C=C\C/C=C\C/C=C\C/C=C\C/C=C\C/C=C\C/C=C\C/C=C\CCCCCCCCCCC(=O)OC(COC(=O)CCCCCCCCCCCCCCCCCCCCCCCCCC/C=C\C/C=C\C/C=C\CCCCCCC)COP(=O)([O-])OCC[N+](C)(C)C. The van der Waals surface area contributed by atoms with Crippen molar-refractivity contribution in [3.8, 4) is 0 Å². The van der Waals surface area contributed by atoms with Gasteiger partial charge in [0.2, 0.25) is 0 Å². The maximum absolute atomic E-state index is 12.9. The molecule has 10 heteroatoms. The maximum Gasteiger partial charge on any atom is 0.306 e. The Balaban J connectivity index is 3.99. The van der Waals surface area contributed by atoms with Crippen LogP contribution in [0.25, 0.3) is 0 Å². The average Bonchev–Trinajstić information content (AvgIpc) is 1.48. The Bertz CT molecular complexity index is 2090.